The van der Waals surface area contributed by atoms with Gasteiger partial charge in [0.15, 0.2) is 0 Å². The van der Waals surface area contributed by atoms with Crippen molar-refractivity contribution < 1.29 is 9.59 Å². The molecule has 1 atom stereocenters. The number of hydrogen-bond acceptors (Lipinski definition) is 3. The van der Waals surface area contributed by atoms with Gasteiger partial charge in [0.05, 0.1) is 5.56 Å². The highest BCUT2D eigenvalue weighted by Crippen LogP contribution is 2.31. The molecule has 1 aliphatic rings. The number of amides is 2. The molecule has 5 heteroatoms. The summed E-state index contributed by atoms with van der Waals surface area (Å²) in [4.78, 5) is 24.0. The van der Waals surface area contributed by atoms with Gasteiger partial charge >= 0.3 is 0 Å². The van der Waals surface area contributed by atoms with Gasteiger partial charge in [-0.05, 0) is 17.7 Å². The molecule has 2 amide bonds. The summed E-state index contributed by atoms with van der Waals surface area (Å²) < 4.78 is 0. The van der Waals surface area contributed by atoms with Crippen LogP contribution in [0.5, 0.6) is 0 Å². The normalized spacial score (nSPS) is 16.9. The Kier molecular flexibility index (Phi) is 3.31. The fourth-order valence-corrected chi connectivity index (χ4v) is 2.41. The monoisotopic (exact) mass is 281 g/mol. The maximum Gasteiger partial charge on any atom is 0.276 e. The molecule has 2 N–H and O–H groups in total. The van der Waals surface area contributed by atoms with Crippen LogP contribution in [0.3, 0.4) is 0 Å². The summed E-state index contributed by atoms with van der Waals surface area (Å²) in [7, 11) is 0. The number of carbonyl (C=O) groups excluding carboxylic acids is 2. The van der Waals surface area contributed by atoms with Crippen molar-refractivity contribution >= 4 is 17.5 Å². The van der Waals surface area contributed by atoms with Gasteiger partial charge in [0, 0.05) is 12.6 Å². The van der Waals surface area contributed by atoms with E-state index in [1.54, 1.807) is 12.1 Å². The number of fused-ring (bicyclic) bond motifs is 1. The predicted molar refractivity (Wildman–Crippen MR) is 79.2 cm³/mol. The number of anilines is 1. The Balaban J connectivity index is 2.05. The fourth-order valence-electron chi connectivity index (χ4n) is 2.41. The number of nitrogens with zero attached hydrogens (tertiary/aromatic N) is 1. The Morgan fingerprint density at radius 1 is 1.10 bits per heavy atom. The summed E-state index contributed by atoms with van der Waals surface area (Å²) in [5.74, 6) is -0.515. The topological polar surface area (TPSA) is 61.4 Å². The lowest BCUT2D eigenvalue weighted by atomic mass is 10.1. The molecule has 0 saturated heterocycles. The van der Waals surface area contributed by atoms with Crippen LogP contribution >= 0.6 is 0 Å². The molecule has 3 rings (SSSR count). The zero-order chi connectivity index (χ0) is 14.8. The van der Waals surface area contributed by atoms with Crippen LogP contribution in [0.1, 0.15) is 29.0 Å². The van der Waals surface area contributed by atoms with Crippen LogP contribution in [0.4, 0.5) is 5.69 Å². The molecule has 1 aliphatic heterocycles. The summed E-state index contributed by atoms with van der Waals surface area (Å²) in [6.45, 7) is 1.38. The Hall–Kier alpha value is -2.82. The van der Waals surface area contributed by atoms with Gasteiger partial charge < -0.3 is 5.32 Å². The zero-order valence-corrected chi connectivity index (χ0v) is 11.5. The molecule has 0 unspecified atom stereocenters. The highest BCUT2D eigenvalue weighted by Gasteiger charge is 2.33. The van der Waals surface area contributed by atoms with E-state index in [1.807, 2.05) is 42.5 Å². The second-order valence-electron chi connectivity index (χ2n) is 4.85. The Morgan fingerprint density at radius 2 is 1.76 bits per heavy atom. The second-order valence-corrected chi connectivity index (χ2v) is 4.85. The van der Waals surface area contributed by atoms with Crippen molar-refractivity contribution in [2.75, 3.05) is 5.32 Å². The smallest absolute Gasteiger partial charge is 0.276 e. The molecule has 0 bridgehead atoms. The average molecular weight is 281 g/mol. The molecule has 0 radical (unpaired) electrons. The van der Waals surface area contributed by atoms with Crippen LogP contribution in [-0.4, -0.2) is 16.8 Å². The third-order valence-corrected chi connectivity index (χ3v) is 3.32. The first-order valence-corrected chi connectivity index (χ1v) is 6.68. The Bertz CT molecular complexity index is 685. The van der Waals surface area contributed by atoms with E-state index < -0.39 is 6.17 Å². The van der Waals surface area contributed by atoms with Crippen molar-refractivity contribution in [1.82, 2.24) is 10.4 Å². The number of carbonyl (C=O) groups is 2. The minimum atomic E-state index is -0.433. The average Bonchev–Trinajstić information content (AvgIpc) is 2.50. The number of para-hydroxylation sites is 1. The SMILES string of the molecule is CC(=O)NN1C(=O)c2ccccc2N[C@@H]1c1ccccc1. The van der Waals surface area contributed by atoms with Crippen LogP contribution < -0.4 is 10.7 Å². The van der Waals surface area contributed by atoms with Gasteiger partial charge in [-0.15, -0.1) is 0 Å². The van der Waals surface area contributed by atoms with E-state index in [1.165, 1.54) is 11.9 Å². The van der Waals surface area contributed by atoms with Gasteiger partial charge in [-0.25, -0.2) is 5.01 Å². The van der Waals surface area contributed by atoms with E-state index in [-0.39, 0.29) is 11.8 Å². The standard InChI is InChI=1S/C16H15N3O2/c1-11(20)18-19-15(12-7-3-2-4-8-12)17-14-10-6-5-9-13(14)16(19)21/h2-10,15,17H,1H3,(H,18,20)/t15-/m0/s1. The van der Waals surface area contributed by atoms with Crippen LogP contribution in [0.15, 0.2) is 54.6 Å². The summed E-state index contributed by atoms with van der Waals surface area (Å²) in [5, 5.41) is 4.62. The van der Waals surface area contributed by atoms with Crippen molar-refractivity contribution in [3.05, 3.63) is 65.7 Å². The molecule has 0 spiro atoms. The quantitative estimate of drug-likeness (QED) is 0.888. The zero-order valence-electron chi connectivity index (χ0n) is 11.5. The van der Waals surface area contributed by atoms with Crippen LogP contribution in [0.2, 0.25) is 0 Å². The van der Waals surface area contributed by atoms with E-state index >= 15 is 0 Å². The molecule has 106 valence electrons. The minimum Gasteiger partial charge on any atom is -0.359 e. The molecule has 0 aliphatic carbocycles. The molecular weight excluding hydrogens is 266 g/mol. The molecule has 21 heavy (non-hydrogen) atoms. The number of rotatable bonds is 2. The van der Waals surface area contributed by atoms with E-state index in [2.05, 4.69) is 10.7 Å². The molecule has 2 aromatic rings. The van der Waals surface area contributed by atoms with Gasteiger partial charge in [0.1, 0.15) is 6.17 Å². The van der Waals surface area contributed by atoms with Crippen LogP contribution in [0, 0.1) is 0 Å². The largest absolute Gasteiger partial charge is 0.359 e. The lowest BCUT2D eigenvalue weighted by Crippen LogP contribution is -2.52. The van der Waals surface area contributed by atoms with E-state index in [0.29, 0.717) is 5.56 Å². The van der Waals surface area contributed by atoms with Crippen molar-refractivity contribution in [3.8, 4) is 0 Å². The van der Waals surface area contributed by atoms with Crippen molar-refractivity contribution in [2.24, 2.45) is 0 Å². The van der Waals surface area contributed by atoms with E-state index in [0.717, 1.165) is 11.3 Å². The number of hydrazine groups is 1. The Labute approximate surface area is 122 Å². The molecule has 2 aromatic carbocycles. The molecule has 5 nitrogen and oxygen atoms in total. The van der Waals surface area contributed by atoms with Gasteiger partial charge in [-0.1, -0.05) is 42.5 Å². The summed E-state index contributed by atoms with van der Waals surface area (Å²) in [6, 6.07) is 16.8. The number of nitrogens with one attached hydrogen (secondary N) is 2. The predicted octanol–water partition coefficient (Wildman–Crippen LogP) is 2.30. The maximum absolute atomic E-state index is 12.6. The number of benzene rings is 2. The van der Waals surface area contributed by atoms with Crippen molar-refractivity contribution in [2.45, 2.75) is 13.1 Å². The highest BCUT2D eigenvalue weighted by molar-refractivity contribution is 6.02. The Morgan fingerprint density at radius 3 is 2.48 bits per heavy atom. The molecule has 0 aromatic heterocycles. The maximum atomic E-state index is 12.6. The second kappa shape index (κ2) is 5.28. The molecule has 0 saturated carbocycles. The van der Waals surface area contributed by atoms with Gasteiger partial charge in [-0.2, -0.15) is 0 Å². The van der Waals surface area contributed by atoms with Gasteiger partial charge in [-0.3, -0.25) is 15.0 Å². The van der Waals surface area contributed by atoms with Gasteiger partial charge in [0.2, 0.25) is 5.91 Å². The molecule has 0 fully saturated rings. The first kappa shape index (κ1) is 13.2. The first-order valence-electron chi connectivity index (χ1n) is 6.68. The van der Waals surface area contributed by atoms with E-state index in [4.69, 9.17) is 0 Å². The highest BCUT2D eigenvalue weighted by atomic mass is 16.2. The van der Waals surface area contributed by atoms with E-state index in [9.17, 15) is 9.59 Å². The lowest BCUT2D eigenvalue weighted by Gasteiger charge is -2.37. The van der Waals surface area contributed by atoms with Crippen molar-refractivity contribution in [1.29, 1.82) is 0 Å². The fraction of sp³-hybridized carbons (Fsp3) is 0.125. The summed E-state index contributed by atoms with van der Waals surface area (Å²) in [6.07, 6.45) is -0.433. The van der Waals surface area contributed by atoms with Crippen LogP contribution in [0.25, 0.3) is 0 Å². The summed E-state index contributed by atoms with van der Waals surface area (Å²) in [5.41, 5.74) is 4.80. The number of hydrogen-bond donors (Lipinski definition) is 2. The molecule has 1 heterocycles. The summed E-state index contributed by atoms with van der Waals surface area (Å²) >= 11 is 0. The molecular formula is C16H15N3O2. The third-order valence-electron chi connectivity index (χ3n) is 3.32. The lowest BCUT2D eigenvalue weighted by molar-refractivity contribution is -0.123. The third kappa shape index (κ3) is 2.45. The van der Waals surface area contributed by atoms with Crippen molar-refractivity contribution in [3.63, 3.8) is 0 Å². The van der Waals surface area contributed by atoms with Crippen LogP contribution in [-0.2, 0) is 4.79 Å². The first-order chi connectivity index (χ1) is 10.2. The minimum absolute atomic E-state index is 0.228. The van der Waals surface area contributed by atoms with Gasteiger partial charge in [0.25, 0.3) is 5.91 Å².